The van der Waals surface area contributed by atoms with E-state index in [0.717, 1.165) is 6.42 Å². The van der Waals surface area contributed by atoms with Gasteiger partial charge in [0.25, 0.3) is 0 Å². The Balaban J connectivity index is 2.21. The van der Waals surface area contributed by atoms with Gasteiger partial charge in [-0.05, 0) is 6.42 Å². The number of ether oxygens (including phenoxy) is 1. The summed E-state index contributed by atoms with van der Waals surface area (Å²) < 4.78 is 5.18. The minimum Gasteiger partial charge on any atom is -0.465 e. The molecule has 0 saturated carbocycles. The Hall–Kier alpha value is -0.810. The van der Waals surface area contributed by atoms with Crippen LogP contribution in [-0.4, -0.2) is 53.6 Å². The Morgan fingerprint density at radius 2 is 2.42 bits per heavy atom. The van der Waals surface area contributed by atoms with Crippen LogP contribution in [0.1, 0.15) is 6.42 Å². The molecule has 12 heavy (non-hydrogen) atoms. The molecule has 0 aromatic heterocycles. The van der Waals surface area contributed by atoms with Gasteiger partial charge >= 0.3 is 6.09 Å². The lowest BCUT2D eigenvalue weighted by atomic mass is 10.3. The molecule has 0 bridgehead atoms. The Bertz CT molecular complexity index is 161. The molecule has 0 spiro atoms. The van der Waals surface area contributed by atoms with Crippen LogP contribution in [0.25, 0.3) is 0 Å². The van der Waals surface area contributed by atoms with Crippen LogP contribution in [0.3, 0.4) is 0 Å². The lowest BCUT2D eigenvalue weighted by Crippen LogP contribution is -2.28. The number of hydrogen-bond donors (Lipinski definition) is 2. The van der Waals surface area contributed by atoms with E-state index < -0.39 is 6.09 Å². The normalized spacial score (nSPS) is 23.1. The molecule has 1 amide bonds. The molecule has 0 aromatic rings. The molecule has 0 unspecified atom stereocenters. The Morgan fingerprint density at radius 1 is 1.67 bits per heavy atom. The van der Waals surface area contributed by atoms with Crippen LogP contribution in [0, 0.1) is 0 Å². The molecule has 1 rings (SSSR count). The monoisotopic (exact) mass is 175 g/mol. The third kappa shape index (κ3) is 2.35. The van der Waals surface area contributed by atoms with Gasteiger partial charge < -0.3 is 19.8 Å². The van der Waals surface area contributed by atoms with Gasteiger partial charge in [-0.25, -0.2) is 4.79 Å². The molecule has 0 aromatic carbocycles. The van der Waals surface area contributed by atoms with Crippen molar-refractivity contribution in [1.29, 1.82) is 0 Å². The number of nitrogens with zero attached hydrogens (tertiary/aromatic N) is 1. The highest BCUT2D eigenvalue weighted by molar-refractivity contribution is 5.65. The van der Waals surface area contributed by atoms with Gasteiger partial charge in [0, 0.05) is 6.54 Å². The number of aliphatic hydroxyl groups is 1. The van der Waals surface area contributed by atoms with Gasteiger partial charge in [-0.2, -0.15) is 0 Å². The van der Waals surface area contributed by atoms with E-state index in [-0.39, 0.29) is 19.3 Å². The zero-order valence-electron chi connectivity index (χ0n) is 6.77. The van der Waals surface area contributed by atoms with E-state index in [4.69, 9.17) is 14.9 Å². The molecule has 0 aliphatic carbocycles. The van der Waals surface area contributed by atoms with Crippen LogP contribution in [-0.2, 0) is 4.74 Å². The molecule has 1 aliphatic rings. The number of aliphatic hydroxyl groups excluding tert-OH is 1. The van der Waals surface area contributed by atoms with Gasteiger partial charge in [-0.3, -0.25) is 0 Å². The predicted octanol–water partition coefficient (Wildman–Crippen LogP) is -0.252. The third-order valence-corrected chi connectivity index (χ3v) is 1.86. The van der Waals surface area contributed by atoms with Crippen molar-refractivity contribution in [1.82, 2.24) is 4.90 Å². The number of amides is 1. The lowest BCUT2D eigenvalue weighted by Gasteiger charge is -2.12. The zero-order chi connectivity index (χ0) is 8.97. The van der Waals surface area contributed by atoms with E-state index in [2.05, 4.69) is 0 Å². The van der Waals surface area contributed by atoms with Crippen molar-refractivity contribution in [3.63, 3.8) is 0 Å². The maximum absolute atomic E-state index is 10.4. The summed E-state index contributed by atoms with van der Waals surface area (Å²) in [5.41, 5.74) is 0. The van der Waals surface area contributed by atoms with Crippen LogP contribution in [0.4, 0.5) is 4.79 Å². The lowest BCUT2D eigenvalue weighted by molar-refractivity contribution is 0.0344. The summed E-state index contributed by atoms with van der Waals surface area (Å²) in [7, 11) is 0. The first kappa shape index (κ1) is 9.28. The summed E-state index contributed by atoms with van der Waals surface area (Å²) >= 11 is 0. The Labute approximate surface area is 70.5 Å². The number of hydrogen-bond acceptors (Lipinski definition) is 3. The summed E-state index contributed by atoms with van der Waals surface area (Å²) in [6, 6.07) is 0. The quantitative estimate of drug-likeness (QED) is 0.620. The molecule has 1 atom stereocenters. The molecule has 1 fully saturated rings. The van der Waals surface area contributed by atoms with E-state index in [1.165, 1.54) is 4.90 Å². The zero-order valence-corrected chi connectivity index (χ0v) is 6.77. The fourth-order valence-electron chi connectivity index (χ4n) is 1.26. The molecule has 5 nitrogen and oxygen atoms in total. The van der Waals surface area contributed by atoms with E-state index >= 15 is 0 Å². The van der Waals surface area contributed by atoms with E-state index in [0.29, 0.717) is 13.1 Å². The first-order valence-electron chi connectivity index (χ1n) is 3.94. The predicted molar refractivity (Wildman–Crippen MR) is 41.0 cm³/mol. The summed E-state index contributed by atoms with van der Waals surface area (Å²) in [6.07, 6.45) is -0.204. The number of likely N-dealkylation sites (tertiary alicyclic amines) is 1. The number of rotatable bonds is 3. The molecular weight excluding hydrogens is 162 g/mol. The first-order valence-corrected chi connectivity index (χ1v) is 3.94. The highest BCUT2D eigenvalue weighted by Gasteiger charge is 2.25. The molecule has 5 heteroatoms. The van der Waals surface area contributed by atoms with Crippen molar-refractivity contribution in [3.8, 4) is 0 Å². The smallest absolute Gasteiger partial charge is 0.407 e. The van der Waals surface area contributed by atoms with Gasteiger partial charge in [-0.1, -0.05) is 0 Å². The van der Waals surface area contributed by atoms with E-state index in [9.17, 15) is 4.79 Å². The Kier molecular flexibility index (Phi) is 3.31. The van der Waals surface area contributed by atoms with Crippen molar-refractivity contribution in [2.24, 2.45) is 0 Å². The SMILES string of the molecule is O=C(O)N1CC[C@@H](OCCO)C1. The van der Waals surface area contributed by atoms with Crippen molar-refractivity contribution in [2.75, 3.05) is 26.3 Å². The van der Waals surface area contributed by atoms with Crippen LogP contribution in [0.5, 0.6) is 0 Å². The largest absolute Gasteiger partial charge is 0.465 e. The number of carboxylic acid groups (broad SMARTS) is 1. The van der Waals surface area contributed by atoms with Gasteiger partial charge in [0.2, 0.25) is 0 Å². The van der Waals surface area contributed by atoms with Gasteiger partial charge in [0.1, 0.15) is 0 Å². The molecule has 2 N–H and O–H groups in total. The van der Waals surface area contributed by atoms with Crippen molar-refractivity contribution in [3.05, 3.63) is 0 Å². The van der Waals surface area contributed by atoms with Gasteiger partial charge in [0.05, 0.1) is 25.9 Å². The third-order valence-electron chi connectivity index (χ3n) is 1.86. The topological polar surface area (TPSA) is 70.0 Å². The molecule has 1 aliphatic heterocycles. The van der Waals surface area contributed by atoms with Gasteiger partial charge in [-0.15, -0.1) is 0 Å². The standard InChI is InChI=1S/C7H13NO4/c9-3-4-12-6-1-2-8(5-6)7(10)11/h6,9H,1-5H2,(H,10,11)/t6-/m1/s1. The summed E-state index contributed by atoms with van der Waals surface area (Å²) in [4.78, 5) is 11.8. The molecular formula is C7H13NO4. The van der Waals surface area contributed by atoms with Crippen LogP contribution >= 0.6 is 0 Å². The fourth-order valence-corrected chi connectivity index (χ4v) is 1.26. The Morgan fingerprint density at radius 3 is 2.92 bits per heavy atom. The highest BCUT2D eigenvalue weighted by Crippen LogP contribution is 2.11. The van der Waals surface area contributed by atoms with Crippen LogP contribution < -0.4 is 0 Å². The molecule has 0 radical (unpaired) electrons. The average molecular weight is 175 g/mol. The minimum absolute atomic E-state index is 0.0103. The van der Waals surface area contributed by atoms with E-state index in [1.807, 2.05) is 0 Å². The second-order valence-electron chi connectivity index (χ2n) is 2.73. The fraction of sp³-hybridized carbons (Fsp3) is 0.857. The van der Waals surface area contributed by atoms with Crippen molar-refractivity contribution in [2.45, 2.75) is 12.5 Å². The van der Waals surface area contributed by atoms with Crippen LogP contribution in [0.15, 0.2) is 0 Å². The first-order chi connectivity index (χ1) is 5.74. The van der Waals surface area contributed by atoms with Crippen molar-refractivity contribution >= 4 is 6.09 Å². The minimum atomic E-state index is -0.898. The molecule has 70 valence electrons. The van der Waals surface area contributed by atoms with Crippen molar-refractivity contribution < 1.29 is 19.7 Å². The summed E-state index contributed by atoms with van der Waals surface area (Å²) in [6.45, 7) is 1.24. The molecule has 1 saturated heterocycles. The average Bonchev–Trinajstić information content (AvgIpc) is 2.48. The second-order valence-corrected chi connectivity index (χ2v) is 2.73. The summed E-state index contributed by atoms with van der Waals surface area (Å²) in [5, 5.41) is 17.0. The maximum atomic E-state index is 10.4. The molecule has 1 heterocycles. The second kappa shape index (κ2) is 4.27. The van der Waals surface area contributed by atoms with E-state index in [1.54, 1.807) is 0 Å². The van der Waals surface area contributed by atoms with Crippen LogP contribution in [0.2, 0.25) is 0 Å². The van der Waals surface area contributed by atoms with Gasteiger partial charge in [0.15, 0.2) is 0 Å². The number of carbonyl (C=O) groups is 1. The maximum Gasteiger partial charge on any atom is 0.407 e. The summed E-state index contributed by atoms with van der Waals surface area (Å²) in [5.74, 6) is 0. The highest BCUT2D eigenvalue weighted by atomic mass is 16.5.